The van der Waals surface area contributed by atoms with E-state index in [9.17, 15) is 0 Å². The number of nitrogens with zero attached hydrogens (tertiary/aromatic N) is 4. The summed E-state index contributed by atoms with van der Waals surface area (Å²) < 4.78 is 1.98. The maximum absolute atomic E-state index is 4.69. The number of hydrogen-bond donors (Lipinski definition) is 0. The number of halogens is 1. The number of hydrogen-bond acceptors (Lipinski definition) is 3. The first-order valence-corrected chi connectivity index (χ1v) is 8.99. The van der Waals surface area contributed by atoms with Crippen LogP contribution in [0.2, 0.25) is 0 Å². The molecule has 0 bridgehead atoms. The van der Waals surface area contributed by atoms with Crippen LogP contribution in [0.25, 0.3) is 5.52 Å². The molecule has 21 heavy (non-hydrogen) atoms. The molecule has 1 saturated carbocycles. The molecule has 1 aliphatic carbocycles. The maximum atomic E-state index is 4.69. The van der Waals surface area contributed by atoms with Crippen LogP contribution >= 0.6 is 15.9 Å². The fraction of sp³-hybridized carbons (Fsp3) is 0.625. The first-order valence-electron chi connectivity index (χ1n) is 7.87. The Kier molecular flexibility index (Phi) is 4.48. The maximum Gasteiger partial charge on any atom is 0.154 e. The Bertz CT molecular complexity index is 601. The van der Waals surface area contributed by atoms with E-state index < -0.39 is 0 Å². The summed E-state index contributed by atoms with van der Waals surface area (Å²) in [7, 11) is 0. The summed E-state index contributed by atoms with van der Waals surface area (Å²) in [6.07, 6.45) is 9.05. The number of fused-ring (bicyclic) bond motifs is 1. The van der Waals surface area contributed by atoms with Gasteiger partial charge in [-0.3, -0.25) is 0 Å². The third kappa shape index (κ3) is 2.93. The summed E-state index contributed by atoms with van der Waals surface area (Å²) in [5.41, 5.74) is 2.27. The van der Waals surface area contributed by atoms with Crippen molar-refractivity contribution in [1.29, 1.82) is 0 Å². The van der Waals surface area contributed by atoms with Gasteiger partial charge in [-0.05, 0) is 24.8 Å². The second-order valence-corrected chi connectivity index (χ2v) is 6.92. The minimum Gasteiger partial charge on any atom is -0.351 e. The fourth-order valence-corrected chi connectivity index (χ4v) is 3.58. The largest absolute Gasteiger partial charge is 0.351 e. The highest BCUT2D eigenvalue weighted by Crippen LogP contribution is 2.30. The van der Waals surface area contributed by atoms with Gasteiger partial charge in [0.2, 0.25) is 0 Å². The summed E-state index contributed by atoms with van der Waals surface area (Å²) in [5, 5.41) is 5.65. The van der Waals surface area contributed by atoms with Gasteiger partial charge in [0.05, 0.1) is 5.69 Å². The van der Waals surface area contributed by atoms with E-state index in [-0.39, 0.29) is 0 Å². The molecule has 0 N–H and O–H groups in total. The van der Waals surface area contributed by atoms with E-state index in [1.807, 2.05) is 16.9 Å². The van der Waals surface area contributed by atoms with Crippen molar-refractivity contribution >= 4 is 27.3 Å². The zero-order valence-corrected chi connectivity index (χ0v) is 14.4. The molecule has 0 aliphatic heterocycles. The zero-order chi connectivity index (χ0) is 14.8. The van der Waals surface area contributed by atoms with Gasteiger partial charge >= 0.3 is 0 Å². The van der Waals surface area contributed by atoms with Crippen molar-refractivity contribution in [3.8, 4) is 0 Å². The van der Waals surface area contributed by atoms with Crippen molar-refractivity contribution in [2.75, 3.05) is 16.8 Å². The number of aromatic nitrogens is 3. The van der Waals surface area contributed by atoms with E-state index in [0.29, 0.717) is 12.0 Å². The molecule has 4 nitrogen and oxygen atoms in total. The molecule has 1 fully saturated rings. The van der Waals surface area contributed by atoms with Crippen LogP contribution in [0.5, 0.6) is 0 Å². The van der Waals surface area contributed by atoms with Crippen molar-refractivity contribution in [2.45, 2.75) is 51.5 Å². The van der Waals surface area contributed by atoms with Gasteiger partial charge in [0.25, 0.3) is 0 Å². The smallest absolute Gasteiger partial charge is 0.154 e. The zero-order valence-electron chi connectivity index (χ0n) is 12.8. The van der Waals surface area contributed by atoms with E-state index in [2.05, 4.69) is 50.8 Å². The molecule has 114 valence electrons. The topological polar surface area (TPSA) is 33.4 Å². The third-order valence-corrected chi connectivity index (χ3v) is 4.70. The highest BCUT2D eigenvalue weighted by Gasteiger charge is 2.25. The highest BCUT2D eigenvalue weighted by molar-refractivity contribution is 9.09. The van der Waals surface area contributed by atoms with E-state index >= 15 is 0 Å². The molecule has 2 aromatic heterocycles. The molecular weight excluding hydrogens is 328 g/mol. The number of alkyl halides is 1. The first-order chi connectivity index (χ1) is 10.2. The highest BCUT2D eigenvalue weighted by atomic mass is 79.9. The van der Waals surface area contributed by atoms with Crippen LogP contribution in [0.1, 0.15) is 51.1 Å². The Balaban J connectivity index is 2.03. The molecule has 5 heteroatoms. The van der Waals surface area contributed by atoms with Crippen molar-refractivity contribution in [1.82, 2.24) is 14.6 Å². The molecule has 2 aromatic rings. The van der Waals surface area contributed by atoms with Crippen LogP contribution in [-0.4, -0.2) is 32.5 Å². The SMILES string of the molecule is CC(C)c1cc2c(N(CCBr)C3CCCC3)nccn2n1. The molecular formula is C16H23BrN4. The van der Waals surface area contributed by atoms with E-state index in [1.54, 1.807) is 0 Å². The quantitative estimate of drug-likeness (QED) is 0.764. The second-order valence-electron chi connectivity index (χ2n) is 6.13. The van der Waals surface area contributed by atoms with Gasteiger partial charge in [0, 0.05) is 30.3 Å². The summed E-state index contributed by atoms with van der Waals surface area (Å²) in [6, 6.07) is 2.82. The average Bonchev–Trinajstić information content (AvgIpc) is 3.13. The minimum absolute atomic E-state index is 0.439. The molecule has 0 amide bonds. The van der Waals surface area contributed by atoms with Crippen LogP contribution in [0, 0.1) is 0 Å². The van der Waals surface area contributed by atoms with E-state index in [4.69, 9.17) is 0 Å². The van der Waals surface area contributed by atoms with Crippen molar-refractivity contribution in [3.63, 3.8) is 0 Å². The van der Waals surface area contributed by atoms with Gasteiger partial charge in [0.1, 0.15) is 5.52 Å². The molecule has 0 aromatic carbocycles. The van der Waals surface area contributed by atoms with Gasteiger partial charge in [-0.2, -0.15) is 5.10 Å². The van der Waals surface area contributed by atoms with Gasteiger partial charge in [-0.1, -0.05) is 42.6 Å². The Labute approximate surface area is 134 Å². The molecule has 2 heterocycles. The Morgan fingerprint density at radius 2 is 2.14 bits per heavy atom. The molecule has 0 atom stereocenters. The normalized spacial score (nSPS) is 16.2. The Morgan fingerprint density at radius 1 is 1.38 bits per heavy atom. The lowest BCUT2D eigenvalue weighted by molar-refractivity contribution is 0.616. The predicted octanol–water partition coefficient (Wildman–Crippen LogP) is 4.00. The Hall–Kier alpha value is -1.10. The van der Waals surface area contributed by atoms with E-state index in [0.717, 1.165) is 28.9 Å². The molecule has 0 radical (unpaired) electrons. The van der Waals surface area contributed by atoms with Crippen molar-refractivity contribution < 1.29 is 0 Å². The molecule has 0 unspecified atom stereocenters. The summed E-state index contributed by atoms with van der Waals surface area (Å²) in [6.45, 7) is 5.36. The molecule has 1 aliphatic rings. The molecule has 3 rings (SSSR count). The summed E-state index contributed by atoms with van der Waals surface area (Å²) in [5.74, 6) is 1.53. The standard InChI is InChI=1S/C16H23BrN4/c1-12(2)14-11-15-16(18-8-10-21(15)19-14)20(9-7-17)13-5-3-4-6-13/h8,10-13H,3-7,9H2,1-2H3. The van der Waals surface area contributed by atoms with Crippen LogP contribution in [-0.2, 0) is 0 Å². The summed E-state index contributed by atoms with van der Waals surface area (Å²) in [4.78, 5) is 7.16. The van der Waals surface area contributed by atoms with Crippen LogP contribution in [0.3, 0.4) is 0 Å². The number of rotatable bonds is 5. The Morgan fingerprint density at radius 3 is 2.81 bits per heavy atom. The van der Waals surface area contributed by atoms with E-state index in [1.165, 1.54) is 25.7 Å². The van der Waals surface area contributed by atoms with Gasteiger partial charge in [0.15, 0.2) is 5.82 Å². The van der Waals surface area contributed by atoms with Crippen LogP contribution in [0.4, 0.5) is 5.82 Å². The molecule has 0 spiro atoms. The lowest BCUT2D eigenvalue weighted by Gasteiger charge is -2.29. The summed E-state index contributed by atoms with van der Waals surface area (Å²) >= 11 is 3.60. The average molecular weight is 351 g/mol. The van der Waals surface area contributed by atoms with Crippen LogP contribution in [0.15, 0.2) is 18.5 Å². The predicted molar refractivity (Wildman–Crippen MR) is 90.5 cm³/mol. The minimum atomic E-state index is 0.439. The van der Waals surface area contributed by atoms with Gasteiger partial charge in [-0.15, -0.1) is 0 Å². The van der Waals surface area contributed by atoms with Crippen molar-refractivity contribution in [3.05, 3.63) is 24.2 Å². The van der Waals surface area contributed by atoms with Crippen LogP contribution < -0.4 is 4.90 Å². The second kappa shape index (κ2) is 6.34. The monoisotopic (exact) mass is 350 g/mol. The lowest BCUT2D eigenvalue weighted by atomic mass is 10.1. The van der Waals surface area contributed by atoms with Crippen molar-refractivity contribution in [2.24, 2.45) is 0 Å². The third-order valence-electron chi connectivity index (χ3n) is 4.34. The number of anilines is 1. The lowest BCUT2D eigenvalue weighted by Crippen LogP contribution is -2.35. The first kappa shape index (κ1) is 14.8. The fourth-order valence-electron chi connectivity index (χ4n) is 3.20. The van der Waals surface area contributed by atoms with Gasteiger partial charge in [-0.25, -0.2) is 9.50 Å². The van der Waals surface area contributed by atoms with Gasteiger partial charge < -0.3 is 4.90 Å². The molecule has 0 saturated heterocycles.